The zero-order chi connectivity index (χ0) is 7.72. The lowest BCUT2D eigenvalue weighted by atomic mass is 10.1. The fourth-order valence-electron chi connectivity index (χ4n) is 1.23. The van der Waals surface area contributed by atoms with Crippen LogP contribution in [0.4, 0.5) is 0 Å². The van der Waals surface area contributed by atoms with E-state index in [1.54, 1.807) is 6.92 Å². The Bertz CT molecular complexity index is 120. The molecule has 0 radical (unpaired) electrons. The predicted octanol–water partition coefficient (Wildman–Crippen LogP) is -1.94. The van der Waals surface area contributed by atoms with Gasteiger partial charge in [0.2, 0.25) is 0 Å². The van der Waals surface area contributed by atoms with E-state index >= 15 is 0 Å². The summed E-state index contributed by atoms with van der Waals surface area (Å²) in [5, 5.41) is 29.8. The van der Waals surface area contributed by atoms with Gasteiger partial charge < -0.3 is 20.6 Å². The number of nitrogens with one attached hydrogen (secondary N) is 1. The van der Waals surface area contributed by atoms with Crippen molar-refractivity contribution in [3.63, 3.8) is 0 Å². The summed E-state index contributed by atoms with van der Waals surface area (Å²) in [7, 11) is 0. The Labute approximate surface area is 59.5 Å². The molecule has 10 heavy (non-hydrogen) atoms. The van der Waals surface area contributed by atoms with Gasteiger partial charge in [0.05, 0.1) is 24.9 Å². The second-order valence-electron chi connectivity index (χ2n) is 2.73. The van der Waals surface area contributed by atoms with Crippen LogP contribution in [0.15, 0.2) is 0 Å². The molecule has 1 fully saturated rings. The Hall–Kier alpha value is -0.160. The van der Waals surface area contributed by atoms with Crippen LogP contribution in [0.3, 0.4) is 0 Å². The molecule has 0 amide bonds. The van der Waals surface area contributed by atoms with Crippen LogP contribution in [0, 0.1) is 0 Å². The lowest BCUT2D eigenvalue weighted by molar-refractivity contribution is 0.0214. The largest absolute Gasteiger partial charge is 0.395 e. The molecule has 0 saturated carbocycles. The van der Waals surface area contributed by atoms with Crippen molar-refractivity contribution in [3.05, 3.63) is 0 Å². The third-order valence-corrected chi connectivity index (χ3v) is 1.95. The molecule has 0 aromatic heterocycles. The van der Waals surface area contributed by atoms with Gasteiger partial charge in [-0.25, -0.2) is 0 Å². The number of aliphatic hydroxyl groups excluding tert-OH is 3. The average molecular weight is 147 g/mol. The van der Waals surface area contributed by atoms with Crippen molar-refractivity contribution >= 4 is 0 Å². The van der Waals surface area contributed by atoms with Crippen molar-refractivity contribution in [3.8, 4) is 0 Å². The van der Waals surface area contributed by atoms with Crippen LogP contribution in [-0.2, 0) is 0 Å². The fraction of sp³-hybridized carbons (Fsp3) is 1.00. The van der Waals surface area contributed by atoms with Gasteiger partial charge in [-0.3, -0.25) is 0 Å². The summed E-state index contributed by atoms with van der Waals surface area (Å²) in [4.78, 5) is 0. The van der Waals surface area contributed by atoms with Crippen LogP contribution in [0.2, 0.25) is 0 Å². The molecule has 0 spiro atoms. The zero-order valence-electron chi connectivity index (χ0n) is 5.86. The minimum atomic E-state index is -0.833. The number of aliphatic hydroxyl groups is 3. The molecule has 4 nitrogen and oxygen atoms in total. The molecule has 3 unspecified atom stereocenters. The highest BCUT2D eigenvalue weighted by atomic mass is 16.3. The van der Waals surface area contributed by atoms with Crippen molar-refractivity contribution in [1.29, 1.82) is 0 Å². The number of hydrogen-bond donors (Lipinski definition) is 4. The highest BCUT2D eigenvalue weighted by molar-refractivity contribution is 4.95. The molecule has 1 saturated heterocycles. The Balaban J connectivity index is 2.53. The van der Waals surface area contributed by atoms with Gasteiger partial charge in [-0.15, -0.1) is 0 Å². The highest BCUT2D eigenvalue weighted by Crippen LogP contribution is 2.12. The fourth-order valence-corrected chi connectivity index (χ4v) is 1.23. The maximum Gasteiger partial charge on any atom is 0.0989 e. The van der Waals surface area contributed by atoms with E-state index in [9.17, 15) is 0 Å². The third kappa shape index (κ3) is 1.15. The quantitative estimate of drug-likeness (QED) is 0.348. The molecule has 1 heterocycles. The van der Waals surface area contributed by atoms with Crippen LogP contribution in [0.25, 0.3) is 0 Å². The van der Waals surface area contributed by atoms with E-state index in [1.165, 1.54) is 0 Å². The van der Waals surface area contributed by atoms with Crippen LogP contribution < -0.4 is 5.32 Å². The Morgan fingerprint density at radius 3 is 2.10 bits per heavy atom. The first-order valence-electron chi connectivity index (χ1n) is 3.40. The van der Waals surface area contributed by atoms with E-state index in [1.807, 2.05) is 0 Å². The van der Waals surface area contributed by atoms with E-state index in [2.05, 4.69) is 5.32 Å². The molecule has 4 N–H and O–H groups in total. The van der Waals surface area contributed by atoms with Crippen molar-refractivity contribution in [2.45, 2.75) is 31.2 Å². The lowest BCUT2D eigenvalue weighted by Gasteiger charge is -2.11. The van der Waals surface area contributed by atoms with E-state index in [0.717, 1.165) is 0 Å². The SMILES string of the molecule is CC1NC(CO)[C@@H](O)C1O. The van der Waals surface area contributed by atoms with Crippen LogP contribution in [-0.4, -0.2) is 46.2 Å². The van der Waals surface area contributed by atoms with Crippen molar-refractivity contribution in [2.75, 3.05) is 6.61 Å². The molecule has 1 aliphatic heterocycles. The molecule has 1 aliphatic rings. The van der Waals surface area contributed by atoms with Gasteiger partial charge in [0.25, 0.3) is 0 Å². The first-order valence-corrected chi connectivity index (χ1v) is 3.40. The third-order valence-electron chi connectivity index (χ3n) is 1.95. The van der Waals surface area contributed by atoms with Gasteiger partial charge in [0, 0.05) is 6.04 Å². The lowest BCUT2D eigenvalue weighted by Crippen LogP contribution is -2.36. The van der Waals surface area contributed by atoms with Crippen LogP contribution >= 0.6 is 0 Å². The van der Waals surface area contributed by atoms with Crippen molar-refractivity contribution in [1.82, 2.24) is 5.32 Å². The molecule has 4 heteroatoms. The first-order chi connectivity index (χ1) is 4.66. The van der Waals surface area contributed by atoms with E-state index < -0.39 is 12.2 Å². The van der Waals surface area contributed by atoms with Gasteiger partial charge >= 0.3 is 0 Å². The maximum atomic E-state index is 9.16. The normalized spacial score (nSPS) is 48.0. The molecule has 0 aliphatic carbocycles. The molecule has 0 bridgehead atoms. The molecular formula is C6H13NO3. The summed E-state index contributed by atoms with van der Waals surface area (Å²) < 4.78 is 0. The minimum Gasteiger partial charge on any atom is -0.395 e. The smallest absolute Gasteiger partial charge is 0.0989 e. The number of hydrogen-bond acceptors (Lipinski definition) is 4. The molecule has 60 valence electrons. The summed E-state index contributed by atoms with van der Waals surface area (Å²) in [5.74, 6) is 0. The van der Waals surface area contributed by atoms with E-state index in [0.29, 0.717) is 0 Å². The Kier molecular flexibility index (Phi) is 2.25. The van der Waals surface area contributed by atoms with Gasteiger partial charge in [0.1, 0.15) is 0 Å². The average Bonchev–Trinajstić information content (AvgIpc) is 2.17. The molecular weight excluding hydrogens is 134 g/mol. The zero-order valence-corrected chi connectivity index (χ0v) is 5.86. The standard InChI is InChI=1S/C6H13NO3/c1-3-5(9)6(10)4(2-8)7-3/h3-10H,2H2,1H3/t3?,4?,5?,6-/m1/s1. The molecule has 0 aromatic carbocycles. The van der Waals surface area contributed by atoms with E-state index in [4.69, 9.17) is 15.3 Å². The monoisotopic (exact) mass is 147 g/mol. The predicted molar refractivity (Wildman–Crippen MR) is 35.5 cm³/mol. The van der Waals surface area contributed by atoms with Gasteiger partial charge in [-0.1, -0.05) is 0 Å². The summed E-state index contributed by atoms with van der Waals surface area (Å²) in [6.07, 6.45) is -1.59. The van der Waals surface area contributed by atoms with E-state index in [-0.39, 0.29) is 18.7 Å². The Morgan fingerprint density at radius 2 is 1.90 bits per heavy atom. The molecule has 1 rings (SSSR count). The first kappa shape index (κ1) is 7.94. The van der Waals surface area contributed by atoms with Gasteiger partial charge in [0.15, 0.2) is 0 Å². The second-order valence-corrected chi connectivity index (χ2v) is 2.73. The summed E-state index contributed by atoms with van der Waals surface area (Å²) in [5.41, 5.74) is 0. The van der Waals surface area contributed by atoms with Gasteiger partial charge in [-0.05, 0) is 6.92 Å². The molecule has 4 atom stereocenters. The summed E-state index contributed by atoms with van der Waals surface area (Å²) >= 11 is 0. The summed E-state index contributed by atoms with van der Waals surface area (Å²) in [6, 6.07) is -0.503. The minimum absolute atomic E-state index is 0.132. The highest BCUT2D eigenvalue weighted by Gasteiger charge is 2.37. The topological polar surface area (TPSA) is 72.7 Å². The summed E-state index contributed by atoms with van der Waals surface area (Å²) in [6.45, 7) is 1.63. The number of rotatable bonds is 1. The maximum absolute atomic E-state index is 9.16. The second kappa shape index (κ2) is 2.84. The van der Waals surface area contributed by atoms with Crippen molar-refractivity contribution < 1.29 is 15.3 Å². The molecule has 0 aromatic rings. The van der Waals surface area contributed by atoms with Crippen LogP contribution in [0.1, 0.15) is 6.92 Å². The van der Waals surface area contributed by atoms with Crippen LogP contribution in [0.5, 0.6) is 0 Å². The van der Waals surface area contributed by atoms with Crippen molar-refractivity contribution in [2.24, 2.45) is 0 Å². The Morgan fingerprint density at radius 1 is 1.30 bits per heavy atom. The van der Waals surface area contributed by atoms with Gasteiger partial charge in [-0.2, -0.15) is 0 Å².